The van der Waals surface area contributed by atoms with E-state index >= 15 is 0 Å². The minimum Gasteiger partial charge on any atom is -0.342 e. The monoisotopic (exact) mass is 307 g/mol. The minimum atomic E-state index is 0.236. The highest BCUT2D eigenvalue weighted by Gasteiger charge is 2.27. The molecular formula is C21H25NO. The average Bonchev–Trinajstić information content (AvgIpc) is 2.63. The Morgan fingerprint density at radius 2 is 1.48 bits per heavy atom. The van der Waals surface area contributed by atoms with Crippen LogP contribution in [0, 0.1) is 0 Å². The Morgan fingerprint density at radius 1 is 0.913 bits per heavy atom. The minimum absolute atomic E-state index is 0.236. The molecule has 1 fully saturated rings. The van der Waals surface area contributed by atoms with Gasteiger partial charge in [0.1, 0.15) is 0 Å². The van der Waals surface area contributed by atoms with Crippen molar-refractivity contribution in [2.75, 3.05) is 7.05 Å². The predicted octanol–water partition coefficient (Wildman–Crippen LogP) is 4.41. The molecule has 23 heavy (non-hydrogen) atoms. The number of carbonyl (C=O) groups excluding carboxylic acids is 1. The van der Waals surface area contributed by atoms with Gasteiger partial charge in [0.25, 0.3) is 0 Å². The van der Waals surface area contributed by atoms with Crippen LogP contribution in [0.1, 0.15) is 42.7 Å². The van der Waals surface area contributed by atoms with Crippen molar-refractivity contribution in [3.63, 3.8) is 0 Å². The molecule has 3 rings (SSSR count). The van der Waals surface area contributed by atoms with E-state index in [0.29, 0.717) is 18.4 Å². The Balaban J connectivity index is 1.53. The first-order valence-electron chi connectivity index (χ1n) is 8.58. The molecule has 0 unspecified atom stereocenters. The highest BCUT2D eigenvalue weighted by atomic mass is 16.2. The lowest BCUT2D eigenvalue weighted by Gasteiger charge is -2.35. The number of hydrogen-bond donors (Lipinski definition) is 0. The Morgan fingerprint density at radius 3 is 2.09 bits per heavy atom. The second kappa shape index (κ2) is 7.45. The summed E-state index contributed by atoms with van der Waals surface area (Å²) >= 11 is 0. The van der Waals surface area contributed by atoms with E-state index in [2.05, 4.69) is 30.3 Å². The van der Waals surface area contributed by atoms with E-state index in [1.807, 2.05) is 42.3 Å². The Hall–Kier alpha value is -2.09. The van der Waals surface area contributed by atoms with Gasteiger partial charge in [0.05, 0.1) is 6.42 Å². The van der Waals surface area contributed by atoms with Crippen molar-refractivity contribution >= 4 is 5.91 Å². The van der Waals surface area contributed by atoms with E-state index in [4.69, 9.17) is 0 Å². The van der Waals surface area contributed by atoms with Crippen LogP contribution >= 0.6 is 0 Å². The lowest BCUT2D eigenvalue weighted by molar-refractivity contribution is -0.131. The molecule has 2 aromatic rings. The van der Waals surface area contributed by atoms with Crippen molar-refractivity contribution in [1.82, 2.24) is 4.90 Å². The Bertz CT molecular complexity index is 615. The average molecular weight is 307 g/mol. The maximum atomic E-state index is 12.5. The van der Waals surface area contributed by atoms with Gasteiger partial charge < -0.3 is 4.90 Å². The summed E-state index contributed by atoms with van der Waals surface area (Å²) < 4.78 is 0. The molecular weight excluding hydrogens is 282 g/mol. The van der Waals surface area contributed by atoms with E-state index < -0.39 is 0 Å². The molecule has 1 amide bonds. The van der Waals surface area contributed by atoms with Crippen LogP contribution in [0.2, 0.25) is 0 Å². The standard InChI is InChI=1S/C21H25NO/c1-22(21(23)16-17-8-4-2-5-9-17)20-14-12-19(13-15-20)18-10-6-3-7-11-18/h2-11,19-20H,12-16H2,1H3. The number of hydrogen-bond acceptors (Lipinski definition) is 1. The summed E-state index contributed by atoms with van der Waals surface area (Å²) in [6.45, 7) is 0. The van der Waals surface area contributed by atoms with E-state index in [9.17, 15) is 4.79 Å². The highest BCUT2D eigenvalue weighted by Crippen LogP contribution is 2.34. The molecule has 0 N–H and O–H groups in total. The SMILES string of the molecule is CN(C(=O)Cc1ccccc1)C1CCC(c2ccccc2)CC1. The third kappa shape index (κ3) is 4.01. The quantitative estimate of drug-likeness (QED) is 0.819. The summed E-state index contributed by atoms with van der Waals surface area (Å²) in [6, 6.07) is 21.2. The fourth-order valence-corrected chi connectivity index (χ4v) is 3.62. The summed E-state index contributed by atoms with van der Waals surface area (Å²) in [6.07, 6.45) is 5.08. The molecule has 2 aromatic carbocycles. The molecule has 0 saturated heterocycles. The Kier molecular flexibility index (Phi) is 5.12. The van der Waals surface area contributed by atoms with Crippen LogP contribution < -0.4 is 0 Å². The summed E-state index contributed by atoms with van der Waals surface area (Å²) in [5, 5.41) is 0. The third-order valence-corrected chi connectivity index (χ3v) is 5.11. The smallest absolute Gasteiger partial charge is 0.226 e. The molecule has 0 atom stereocenters. The maximum Gasteiger partial charge on any atom is 0.226 e. The summed E-state index contributed by atoms with van der Waals surface area (Å²) in [5.74, 6) is 0.893. The second-order valence-corrected chi connectivity index (χ2v) is 6.58. The first-order valence-corrected chi connectivity index (χ1v) is 8.58. The first kappa shape index (κ1) is 15.8. The van der Waals surface area contributed by atoms with E-state index in [0.717, 1.165) is 18.4 Å². The fraction of sp³-hybridized carbons (Fsp3) is 0.381. The lowest BCUT2D eigenvalue weighted by Crippen LogP contribution is -2.40. The van der Waals surface area contributed by atoms with Crippen LogP contribution in [0.4, 0.5) is 0 Å². The van der Waals surface area contributed by atoms with E-state index in [1.165, 1.54) is 18.4 Å². The van der Waals surface area contributed by atoms with E-state index in [-0.39, 0.29) is 5.91 Å². The molecule has 0 heterocycles. The number of likely N-dealkylation sites (N-methyl/N-ethyl adjacent to an activating group) is 1. The number of benzene rings is 2. The second-order valence-electron chi connectivity index (χ2n) is 6.58. The van der Waals surface area contributed by atoms with Gasteiger partial charge in [-0.2, -0.15) is 0 Å². The van der Waals surface area contributed by atoms with Gasteiger partial charge in [-0.1, -0.05) is 60.7 Å². The van der Waals surface area contributed by atoms with Crippen molar-refractivity contribution in [3.05, 3.63) is 71.8 Å². The van der Waals surface area contributed by atoms with Crippen LogP contribution in [0.15, 0.2) is 60.7 Å². The topological polar surface area (TPSA) is 20.3 Å². The molecule has 1 saturated carbocycles. The zero-order chi connectivity index (χ0) is 16.1. The predicted molar refractivity (Wildman–Crippen MR) is 94.4 cm³/mol. The van der Waals surface area contributed by atoms with Crippen molar-refractivity contribution in [2.24, 2.45) is 0 Å². The van der Waals surface area contributed by atoms with Gasteiger partial charge in [-0.05, 0) is 42.7 Å². The summed E-state index contributed by atoms with van der Waals surface area (Å²) in [7, 11) is 1.97. The van der Waals surface area contributed by atoms with Crippen molar-refractivity contribution in [3.8, 4) is 0 Å². The van der Waals surface area contributed by atoms with Gasteiger partial charge in [0.2, 0.25) is 5.91 Å². The maximum absolute atomic E-state index is 12.5. The van der Waals surface area contributed by atoms with Crippen molar-refractivity contribution < 1.29 is 4.79 Å². The van der Waals surface area contributed by atoms with Gasteiger partial charge in [0.15, 0.2) is 0 Å². The van der Waals surface area contributed by atoms with Gasteiger partial charge in [-0.25, -0.2) is 0 Å². The summed E-state index contributed by atoms with van der Waals surface area (Å²) in [4.78, 5) is 14.5. The van der Waals surface area contributed by atoms with Gasteiger partial charge >= 0.3 is 0 Å². The zero-order valence-electron chi connectivity index (χ0n) is 13.8. The van der Waals surface area contributed by atoms with Crippen LogP contribution in [-0.4, -0.2) is 23.9 Å². The van der Waals surface area contributed by atoms with Gasteiger partial charge in [-0.15, -0.1) is 0 Å². The van der Waals surface area contributed by atoms with Crippen LogP contribution in [-0.2, 0) is 11.2 Å². The van der Waals surface area contributed by atoms with E-state index in [1.54, 1.807) is 0 Å². The number of rotatable bonds is 4. The molecule has 2 heteroatoms. The largest absolute Gasteiger partial charge is 0.342 e. The normalized spacial score (nSPS) is 20.9. The van der Waals surface area contributed by atoms with Crippen LogP contribution in [0.25, 0.3) is 0 Å². The Labute approximate surface area is 139 Å². The molecule has 1 aliphatic carbocycles. The summed E-state index contributed by atoms with van der Waals surface area (Å²) in [5.41, 5.74) is 2.55. The van der Waals surface area contributed by atoms with Crippen molar-refractivity contribution in [2.45, 2.75) is 44.1 Å². The molecule has 120 valence electrons. The fourth-order valence-electron chi connectivity index (χ4n) is 3.62. The molecule has 1 aliphatic rings. The van der Waals surface area contributed by atoms with Gasteiger partial charge in [-0.3, -0.25) is 4.79 Å². The highest BCUT2D eigenvalue weighted by molar-refractivity contribution is 5.78. The van der Waals surface area contributed by atoms with Crippen LogP contribution in [0.3, 0.4) is 0 Å². The number of carbonyl (C=O) groups is 1. The lowest BCUT2D eigenvalue weighted by atomic mass is 9.81. The molecule has 0 spiro atoms. The molecule has 0 aromatic heterocycles. The first-order chi connectivity index (χ1) is 11.2. The van der Waals surface area contributed by atoms with Crippen molar-refractivity contribution in [1.29, 1.82) is 0 Å². The molecule has 0 radical (unpaired) electrons. The number of amides is 1. The molecule has 0 aliphatic heterocycles. The molecule has 2 nitrogen and oxygen atoms in total. The molecule has 0 bridgehead atoms. The van der Waals surface area contributed by atoms with Gasteiger partial charge in [0, 0.05) is 13.1 Å². The third-order valence-electron chi connectivity index (χ3n) is 5.11. The van der Waals surface area contributed by atoms with Crippen LogP contribution in [0.5, 0.6) is 0 Å². The number of nitrogens with zero attached hydrogens (tertiary/aromatic N) is 1. The zero-order valence-corrected chi connectivity index (χ0v) is 13.8.